The molecule has 0 aliphatic heterocycles. The number of hydrogen-bond acceptors (Lipinski definition) is 1. The predicted octanol–water partition coefficient (Wildman–Crippen LogP) is 3.08. The summed E-state index contributed by atoms with van der Waals surface area (Å²) in [7, 11) is 0. The highest BCUT2D eigenvalue weighted by Crippen LogP contribution is 2.48. The van der Waals surface area contributed by atoms with Crippen LogP contribution in [0.2, 0.25) is 0 Å². The Bertz CT molecular complexity index is 442. The number of nitrogens with one attached hydrogen (secondary N) is 1. The van der Waals surface area contributed by atoms with Crippen LogP contribution in [0.4, 0.5) is 0 Å². The van der Waals surface area contributed by atoms with Gasteiger partial charge in [-0.3, -0.25) is 4.79 Å². The minimum absolute atomic E-state index is 0.211. The van der Waals surface area contributed by atoms with Crippen LogP contribution in [0.5, 0.6) is 0 Å². The average molecular weight is 294 g/mol. The Morgan fingerprint density at radius 3 is 2.94 bits per heavy atom. The van der Waals surface area contributed by atoms with E-state index in [0.717, 1.165) is 23.4 Å². The maximum atomic E-state index is 11.9. The van der Waals surface area contributed by atoms with Crippen LogP contribution in [-0.4, -0.2) is 12.5 Å². The molecule has 2 atom stereocenters. The van der Waals surface area contributed by atoms with Gasteiger partial charge in [0.15, 0.2) is 0 Å². The number of hydrogen-bond donors (Lipinski definition) is 1. The van der Waals surface area contributed by atoms with Gasteiger partial charge in [0.25, 0.3) is 0 Å². The van der Waals surface area contributed by atoms with Gasteiger partial charge in [-0.2, -0.15) is 0 Å². The third-order valence-corrected chi connectivity index (χ3v) is 4.16. The molecule has 2 nitrogen and oxygen atoms in total. The van der Waals surface area contributed by atoms with Crippen LogP contribution in [-0.2, 0) is 4.79 Å². The van der Waals surface area contributed by atoms with E-state index in [9.17, 15) is 4.79 Å². The van der Waals surface area contributed by atoms with E-state index in [1.165, 1.54) is 18.4 Å². The van der Waals surface area contributed by atoms with Gasteiger partial charge in [-0.1, -0.05) is 28.1 Å². The molecule has 1 amide bonds. The second-order valence-corrected chi connectivity index (χ2v) is 6.11. The van der Waals surface area contributed by atoms with Crippen molar-refractivity contribution in [2.24, 2.45) is 11.8 Å². The molecular formula is C14H16BrNO. The summed E-state index contributed by atoms with van der Waals surface area (Å²) in [6, 6.07) is 8.30. The highest BCUT2D eigenvalue weighted by molar-refractivity contribution is 9.10. The highest BCUT2D eigenvalue weighted by atomic mass is 79.9. The highest BCUT2D eigenvalue weighted by Gasteiger charge is 2.44. The fourth-order valence-corrected chi connectivity index (χ4v) is 2.71. The molecule has 2 aliphatic carbocycles. The number of carbonyl (C=O) groups is 1. The Balaban J connectivity index is 1.56. The zero-order valence-corrected chi connectivity index (χ0v) is 11.2. The summed E-state index contributed by atoms with van der Waals surface area (Å²) in [5.74, 6) is 1.67. The van der Waals surface area contributed by atoms with E-state index in [0.29, 0.717) is 5.92 Å². The fourth-order valence-electron chi connectivity index (χ4n) is 2.29. The van der Waals surface area contributed by atoms with Gasteiger partial charge in [-0.05, 0) is 48.8 Å². The molecule has 17 heavy (non-hydrogen) atoms. The van der Waals surface area contributed by atoms with Crippen LogP contribution in [0.25, 0.3) is 0 Å². The summed E-state index contributed by atoms with van der Waals surface area (Å²) in [5, 5.41) is 3.07. The Kier molecular flexibility index (Phi) is 2.95. The third kappa shape index (κ3) is 2.71. The second kappa shape index (κ2) is 4.45. The van der Waals surface area contributed by atoms with E-state index in [4.69, 9.17) is 0 Å². The van der Waals surface area contributed by atoms with Gasteiger partial charge in [0, 0.05) is 16.9 Å². The first-order valence-electron chi connectivity index (χ1n) is 6.27. The topological polar surface area (TPSA) is 29.1 Å². The van der Waals surface area contributed by atoms with Crippen molar-refractivity contribution >= 4 is 21.8 Å². The molecular weight excluding hydrogens is 278 g/mol. The average Bonchev–Trinajstić information content (AvgIpc) is 3.18. The SMILES string of the molecule is O=C(NCC1CC1)[C@@H]1C[C@@H]1c1cccc(Br)c1. The van der Waals surface area contributed by atoms with E-state index in [1.807, 2.05) is 12.1 Å². The van der Waals surface area contributed by atoms with Crippen molar-refractivity contribution in [2.45, 2.75) is 25.2 Å². The van der Waals surface area contributed by atoms with Gasteiger partial charge in [0.1, 0.15) is 0 Å². The van der Waals surface area contributed by atoms with Crippen LogP contribution >= 0.6 is 15.9 Å². The molecule has 90 valence electrons. The molecule has 0 spiro atoms. The Morgan fingerprint density at radius 1 is 1.41 bits per heavy atom. The van der Waals surface area contributed by atoms with Gasteiger partial charge in [-0.25, -0.2) is 0 Å². The van der Waals surface area contributed by atoms with Gasteiger partial charge < -0.3 is 5.32 Å². The third-order valence-electron chi connectivity index (χ3n) is 3.67. The Labute approximate surface area is 110 Å². The maximum absolute atomic E-state index is 11.9. The van der Waals surface area contributed by atoms with Gasteiger partial charge in [0.2, 0.25) is 5.91 Å². The van der Waals surface area contributed by atoms with Crippen molar-refractivity contribution in [1.29, 1.82) is 0 Å². The molecule has 0 aromatic heterocycles. The molecule has 3 heteroatoms. The number of carbonyl (C=O) groups excluding carboxylic acids is 1. The zero-order chi connectivity index (χ0) is 11.8. The van der Waals surface area contributed by atoms with Crippen LogP contribution in [0.15, 0.2) is 28.7 Å². The van der Waals surface area contributed by atoms with Crippen LogP contribution in [0, 0.1) is 11.8 Å². The van der Waals surface area contributed by atoms with Crippen LogP contribution in [0.1, 0.15) is 30.7 Å². The monoisotopic (exact) mass is 293 g/mol. The summed E-state index contributed by atoms with van der Waals surface area (Å²) < 4.78 is 1.10. The molecule has 1 aromatic rings. The van der Waals surface area contributed by atoms with Gasteiger partial charge in [0.05, 0.1) is 0 Å². The zero-order valence-electron chi connectivity index (χ0n) is 9.66. The molecule has 2 saturated carbocycles. The van der Waals surface area contributed by atoms with Crippen molar-refractivity contribution in [2.75, 3.05) is 6.54 Å². The lowest BCUT2D eigenvalue weighted by atomic mass is 10.1. The lowest BCUT2D eigenvalue weighted by Gasteiger charge is -2.04. The van der Waals surface area contributed by atoms with E-state index in [2.05, 4.69) is 33.4 Å². The van der Waals surface area contributed by atoms with Crippen molar-refractivity contribution in [3.8, 4) is 0 Å². The summed E-state index contributed by atoms with van der Waals surface area (Å²) in [5.41, 5.74) is 1.28. The lowest BCUT2D eigenvalue weighted by molar-refractivity contribution is -0.122. The van der Waals surface area contributed by atoms with E-state index < -0.39 is 0 Å². The van der Waals surface area contributed by atoms with Gasteiger partial charge in [-0.15, -0.1) is 0 Å². The number of benzene rings is 1. The smallest absolute Gasteiger partial charge is 0.223 e. The second-order valence-electron chi connectivity index (χ2n) is 5.19. The molecule has 0 saturated heterocycles. The predicted molar refractivity (Wildman–Crippen MR) is 70.7 cm³/mol. The summed E-state index contributed by atoms with van der Waals surface area (Å²) in [6.45, 7) is 0.889. The molecule has 0 bridgehead atoms. The minimum Gasteiger partial charge on any atom is -0.356 e. The number of rotatable bonds is 4. The molecule has 0 heterocycles. The largest absolute Gasteiger partial charge is 0.356 e. The molecule has 2 fully saturated rings. The molecule has 0 unspecified atom stereocenters. The maximum Gasteiger partial charge on any atom is 0.223 e. The summed E-state index contributed by atoms with van der Waals surface area (Å²) >= 11 is 3.47. The molecule has 3 rings (SSSR count). The fraction of sp³-hybridized carbons (Fsp3) is 0.500. The Morgan fingerprint density at radius 2 is 2.24 bits per heavy atom. The number of halogens is 1. The normalized spacial score (nSPS) is 26.6. The summed E-state index contributed by atoms with van der Waals surface area (Å²) in [6.07, 6.45) is 3.59. The van der Waals surface area contributed by atoms with E-state index >= 15 is 0 Å². The number of amides is 1. The van der Waals surface area contributed by atoms with Gasteiger partial charge >= 0.3 is 0 Å². The standard InChI is InChI=1S/C14H16BrNO/c15-11-3-1-2-10(6-11)12-7-13(12)14(17)16-8-9-4-5-9/h1-3,6,9,12-13H,4-5,7-8H2,(H,16,17)/t12-,13-/m1/s1. The van der Waals surface area contributed by atoms with Crippen LogP contribution in [0.3, 0.4) is 0 Å². The lowest BCUT2D eigenvalue weighted by Crippen LogP contribution is -2.27. The van der Waals surface area contributed by atoms with Crippen molar-refractivity contribution in [1.82, 2.24) is 5.32 Å². The van der Waals surface area contributed by atoms with Crippen molar-refractivity contribution in [3.63, 3.8) is 0 Å². The summed E-state index contributed by atoms with van der Waals surface area (Å²) in [4.78, 5) is 11.9. The first kappa shape index (κ1) is 11.3. The van der Waals surface area contributed by atoms with Crippen LogP contribution < -0.4 is 5.32 Å². The quantitative estimate of drug-likeness (QED) is 0.908. The molecule has 1 aromatic carbocycles. The Hall–Kier alpha value is -0.830. The van der Waals surface area contributed by atoms with Crippen molar-refractivity contribution < 1.29 is 4.79 Å². The van der Waals surface area contributed by atoms with E-state index in [1.54, 1.807) is 0 Å². The van der Waals surface area contributed by atoms with E-state index in [-0.39, 0.29) is 11.8 Å². The molecule has 2 aliphatic rings. The van der Waals surface area contributed by atoms with Crippen molar-refractivity contribution in [3.05, 3.63) is 34.3 Å². The minimum atomic E-state index is 0.211. The molecule has 0 radical (unpaired) electrons. The first-order chi connectivity index (χ1) is 8.24. The first-order valence-corrected chi connectivity index (χ1v) is 7.06. The molecule has 1 N–H and O–H groups in total.